The van der Waals surface area contributed by atoms with Gasteiger partial charge in [-0.1, -0.05) is 45.6 Å². The Morgan fingerprint density at radius 1 is 1.41 bits per heavy atom. The largest absolute Gasteiger partial charge is 0.465 e. The monoisotopic (exact) mass is 240 g/mol. The van der Waals surface area contributed by atoms with Crippen LogP contribution in [0.1, 0.15) is 59.8 Å². The zero-order valence-electron chi connectivity index (χ0n) is 11.9. The van der Waals surface area contributed by atoms with Crippen LogP contribution in [-0.2, 0) is 9.53 Å². The SMILES string of the molecule is C=CC(C)(CC(CC)CCCC)C(=O)OCC. The molecule has 0 saturated heterocycles. The first-order valence-corrected chi connectivity index (χ1v) is 6.84. The van der Waals surface area contributed by atoms with Crippen molar-refractivity contribution in [2.75, 3.05) is 6.61 Å². The number of rotatable bonds is 9. The summed E-state index contributed by atoms with van der Waals surface area (Å²) in [5, 5.41) is 0. The Morgan fingerprint density at radius 2 is 2.06 bits per heavy atom. The lowest BCUT2D eigenvalue weighted by Crippen LogP contribution is -2.30. The minimum atomic E-state index is -0.523. The van der Waals surface area contributed by atoms with Gasteiger partial charge in [-0.2, -0.15) is 0 Å². The molecule has 0 N–H and O–H groups in total. The normalized spacial score (nSPS) is 16.0. The average Bonchev–Trinajstić information content (AvgIpc) is 2.34. The molecule has 0 aliphatic carbocycles. The highest BCUT2D eigenvalue weighted by atomic mass is 16.5. The lowest BCUT2D eigenvalue weighted by atomic mass is 9.78. The molecule has 100 valence electrons. The Hall–Kier alpha value is -0.790. The van der Waals surface area contributed by atoms with E-state index in [-0.39, 0.29) is 5.97 Å². The molecular weight excluding hydrogens is 212 g/mol. The van der Waals surface area contributed by atoms with E-state index in [4.69, 9.17) is 4.74 Å². The first-order valence-electron chi connectivity index (χ1n) is 6.84. The zero-order valence-corrected chi connectivity index (χ0v) is 11.9. The van der Waals surface area contributed by atoms with Gasteiger partial charge in [0.25, 0.3) is 0 Å². The number of esters is 1. The molecule has 0 fully saturated rings. The summed E-state index contributed by atoms with van der Waals surface area (Å²) in [4.78, 5) is 11.9. The Bertz CT molecular complexity index is 235. The molecule has 0 aliphatic rings. The van der Waals surface area contributed by atoms with E-state index in [1.807, 2.05) is 13.8 Å². The van der Waals surface area contributed by atoms with E-state index in [1.54, 1.807) is 6.08 Å². The molecule has 0 bridgehead atoms. The van der Waals surface area contributed by atoms with Crippen LogP contribution in [0.15, 0.2) is 12.7 Å². The molecule has 0 radical (unpaired) electrons. The Balaban J connectivity index is 4.52. The summed E-state index contributed by atoms with van der Waals surface area (Å²) >= 11 is 0. The van der Waals surface area contributed by atoms with Crippen molar-refractivity contribution in [1.82, 2.24) is 0 Å². The molecule has 0 amide bonds. The fourth-order valence-electron chi connectivity index (χ4n) is 2.09. The highest BCUT2D eigenvalue weighted by molar-refractivity contribution is 5.78. The number of carbonyl (C=O) groups excluding carboxylic acids is 1. The van der Waals surface area contributed by atoms with Gasteiger partial charge in [-0.25, -0.2) is 0 Å². The summed E-state index contributed by atoms with van der Waals surface area (Å²) in [5.41, 5.74) is -0.523. The van der Waals surface area contributed by atoms with E-state index in [1.165, 1.54) is 19.3 Å². The van der Waals surface area contributed by atoms with E-state index in [0.717, 1.165) is 12.8 Å². The highest BCUT2D eigenvalue weighted by Crippen LogP contribution is 2.32. The van der Waals surface area contributed by atoms with Crippen molar-refractivity contribution in [1.29, 1.82) is 0 Å². The van der Waals surface area contributed by atoms with Gasteiger partial charge in [0.05, 0.1) is 12.0 Å². The number of carbonyl (C=O) groups is 1. The molecule has 2 heteroatoms. The Kier molecular flexibility index (Phi) is 7.94. The van der Waals surface area contributed by atoms with Crippen LogP contribution in [0, 0.1) is 11.3 Å². The van der Waals surface area contributed by atoms with Crippen LogP contribution in [0.5, 0.6) is 0 Å². The van der Waals surface area contributed by atoms with Crippen molar-refractivity contribution in [3.05, 3.63) is 12.7 Å². The standard InChI is InChI=1S/C15H28O2/c1-6-10-11-13(7-2)12-15(5,8-3)14(16)17-9-4/h8,13H,3,6-7,9-12H2,1-2,4-5H3. The van der Waals surface area contributed by atoms with Gasteiger partial charge >= 0.3 is 5.97 Å². The zero-order chi connectivity index (χ0) is 13.3. The van der Waals surface area contributed by atoms with Crippen LogP contribution < -0.4 is 0 Å². The molecule has 0 spiro atoms. The van der Waals surface area contributed by atoms with Crippen molar-refractivity contribution in [2.45, 2.75) is 59.8 Å². The molecule has 2 atom stereocenters. The first kappa shape index (κ1) is 16.2. The summed E-state index contributed by atoms with van der Waals surface area (Å²) in [5.74, 6) is 0.451. The van der Waals surface area contributed by atoms with Gasteiger partial charge in [0.2, 0.25) is 0 Å². The smallest absolute Gasteiger partial charge is 0.315 e. The first-order chi connectivity index (χ1) is 8.03. The molecule has 0 aromatic carbocycles. The average molecular weight is 240 g/mol. The third-order valence-electron chi connectivity index (χ3n) is 3.45. The molecule has 0 aromatic heterocycles. The predicted molar refractivity (Wildman–Crippen MR) is 72.9 cm³/mol. The molecule has 17 heavy (non-hydrogen) atoms. The second kappa shape index (κ2) is 8.32. The summed E-state index contributed by atoms with van der Waals surface area (Å²) in [6.45, 7) is 12.4. The van der Waals surface area contributed by atoms with Gasteiger partial charge in [-0.05, 0) is 26.2 Å². The molecule has 0 rings (SSSR count). The number of hydrogen-bond donors (Lipinski definition) is 0. The second-order valence-corrected chi connectivity index (χ2v) is 4.96. The molecule has 2 nitrogen and oxygen atoms in total. The molecule has 2 unspecified atom stereocenters. The van der Waals surface area contributed by atoms with Gasteiger partial charge < -0.3 is 4.74 Å². The van der Waals surface area contributed by atoms with Gasteiger partial charge in [0, 0.05) is 0 Å². The topological polar surface area (TPSA) is 26.3 Å². The maximum absolute atomic E-state index is 11.9. The van der Waals surface area contributed by atoms with Crippen molar-refractivity contribution >= 4 is 5.97 Å². The van der Waals surface area contributed by atoms with Crippen molar-refractivity contribution in [3.63, 3.8) is 0 Å². The van der Waals surface area contributed by atoms with E-state index >= 15 is 0 Å². The van der Waals surface area contributed by atoms with Crippen LogP contribution in [0.25, 0.3) is 0 Å². The van der Waals surface area contributed by atoms with Crippen molar-refractivity contribution in [2.24, 2.45) is 11.3 Å². The van der Waals surface area contributed by atoms with Gasteiger partial charge in [-0.3, -0.25) is 4.79 Å². The van der Waals surface area contributed by atoms with Crippen LogP contribution in [0.4, 0.5) is 0 Å². The van der Waals surface area contributed by atoms with E-state index in [2.05, 4.69) is 20.4 Å². The maximum Gasteiger partial charge on any atom is 0.315 e. The summed E-state index contributed by atoms with van der Waals surface area (Å²) in [7, 11) is 0. The number of hydrogen-bond acceptors (Lipinski definition) is 2. The van der Waals surface area contributed by atoms with Crippen LogP contribution in [0.3, 0.4) is 0 Å². The summed E-state index contributed by atoms with van der Waals surface area (Å²) in [6.07, 6.45) is 7.35. The summed E-state index contributed by atoms with van der Waals surface area (Å²) in [6, 6.07) is 0. The minimum absolute atomic E-state index is 0.134. The molecule has 0 heterocycles. The van der Waals surface area contributed by atoms with E-state index in [9.17, 15) is 4.79 Å². The fourth-order valence-corrected chi connectivity index (χ4v) is 2.09. The lowest BCUT2D eigenvalue weighted by molar-refractivity contribution is -0.152. The van der Waals surface area contributed by atoms with Gasteiger partial charge in [0.1, 0.15) is 0 Å². The van der Waals surface area contributed by atoms with Gasteiger partial charge in [-0.15, -0.1) is 6.58 Å². The minimum Gasteiger partial charge on any atom is -0.465 e. The molecular formula is C15H28O2. The highest BCUT2D eigenvalue weighted by Gasteiger charge is 2.33. The van der Waals surface area contributed by atoms with Crippen LogP contribution in [-0.4, -0.2) is 12.6 Å². The quantitative estimate of drug-likeness (QED) is 0.442. The lowest BCUT2D eigenvalue weighted by Gasteiger charge is -2.28. The van der Waals surface area contributed by atoms with Crippen LogP contribution in [0.2, 0.25) is 0 Å². The summed E-state index contributed by atoms with van der Waals surface area (Å²) < 4.78 is 5.14. The van der Waals surface area contributed by atoms with Gasteiger partial charge in [0.15, 0.2) is 0 Å². The van der Waals surface area contributed by atoms with E-state index < -0.39 is 5.41 Å². The second-order valence-electron chi connectivity index (χ2n) is 4.96. The van der Waals surface area contributed by atoms with Crippen molar-refractivity contribution < 1.29 is 9.53 Å². The fraction of sp³-hybridized carbons (Fsp3) is 0.800. The van der Waals surface area contributed by atoms with Crippen molar-refractivity contribution in [3.8, 4) is 0 Å². The number of ether oxygens (including phenoxy) is 1. The maximum atomic E-state index is 11.9. The van der Waals surface area contributed by atoms with E-state index in [0.29, 0.717) is 12.5 Å². The third-order valence-corrected chi connectivity index (χ3v) is 3.45. The Morgan fingerprint density at radius 3 is 2.47 bits per heavy atom. The molecule has 0 aromatic rings. The third kappa shape index (κ3) is 5.38. The predicted octanol–water partition coefficient (Wildman–Crippen LogP) is 4.35. The Labute approximate surface area is 106 Å². The molecule has 0 aliphatic heterocycles. The number of unbranched alkanes of at least 4 members (excludes halogenated alkanes) is 1. The molecule has 0 saturated carbocycles. The van der Waals surface area contributed by atoms with Crippen LogP contribution >= 0.6 is 0 Å².